The summed E-state index contributed by atoms with van der Waals surface area (Å²) in [5, 5.41) is 5.72. The van der Waals surface area contributed by atoms with Crippen LogP contribution in [0, 0.1) is 6.92 Å². The van der Waals surface area contributed by atoms with Gasteiger partial charge in [0.05, 0.1) is 37.1 Å². The number of morpholine rings is 1. The lowest BCUT2D eigenvalue weighted by molar-refractivity contribution is -0.126. The summed E-state index contributed by atoms with van der Waals surface area (Å²) >= 11 is 0. The summed E-state index contributed by atoms with van der Waals surface area (Å²) in [6.07, 6.45) is 0. The number of benzene rings is 1. The summed E-state index contributed by atoms with van der Waals surface area (Å²) in [5.74, 6) is 0.00587. The molecule has 138 valence electrons. The normalized spacial score (nSPS) is 23.7. The molecule has 0 aromatic heterocycles. The molecule has 0 spiro atoms. The van der Waals surface area contributed by atoms with Gasteiger partial charge < -0.3 is 20.3 Å². The van der Waals surface area contributed by atoms with E-state index in [2.05, 4.69) is 15.5 Å². The third kappa shape index (κ3) is 3.32. The van der Waals surface area contributed by atoms with Crippen molar-refractivity contribution in [3.63, 3.8) is 0 Å². The van der Waals surface area contributed by atoms with E-state index in [1.54, 1.807) is 0 Å². The third-order valence-electron chi connectivity index (χ3n) is 5.22. The standard InChI is InChI=1S/C19H24N4O3/c1-13-2-4-14(5-3-13)17-16-15(20-19(25)21-17)12-23(18(16)24)7-6-22-8-10-26-11-9-22/h2-5,17H,6-12H2,1H3,(H2,20,21,25)/t17-/m0/s1. The van der Waals surface area contributed by atoms with Gasteiger partial charge in [0.1, 0.15) is 0 Å². The van der Waals surface area contributed by atoms with Crippen molar-refractivity contribution in [1.29, 1.82) is 0 Å². The number of hydrogen-bond acceptors (Lipinski definition) is 4. The topological polar surface area (TPSA) is 73.9 Å². The number of amides is 3. The Bertz CT molecular complexity index is 738. The Morgan fingerprint density at radius 3 is 2.58 bits per heavy atom. The van der Waals surface area contributed by atoms with Gasteiger partial charge in [-0.1, -0.05) is 29.8 Å². The highest BCUT2D eigenvalue weighted by Gasteiger charge is 2.40. The van der Waals surface area contributed by atoms with Gasteiger partial charge in [-0.2, -0.15) is 0 Å². The molecule has 1 atom stereocenters. The van der Waals surface area contributed by atoms with Crippen LogP contribution in [-0.4, -0.2) is 67.7 Å². The summed E-state index contributed by atoms with van der Waals surface area (Å²) in [6, 6.07) is 7.30. The minimum atomic E-state index is -0.389. The molecule has 0 aliphatic carbocycles. The number of aryl methyl sites for hydroxylation is 1. The second kappa shape index (κ2) is 7.09. The van der Waals surface area contributed by atoms with Crippen molar-refractivity contribution in [3.05, 3.63) is 46.7 Å². The summed E-state index contributed by atoms with van der Waals surface area (Å²) in [7, 11) is 0. The van der Waals surface area contributed by atoms with Gasteiger partial charge in [-0.3, -0.25) is 9.69 Å². The molecular weight excluding hydrogens is 332 g/mol. The molecule has 0 saturated carbocycles. The zero-order valence-electron chi connectivity index (χ0n) is 15.0. The van der Waals surface area contributed by atoms with Crippen LogP contribution < -0.4 is 10.6 Å². The van der Waals surface area contributed by atoms with Crippen LogP contribution in [0.5, 0.6) is 0 Å². The smallest absolute Gasteiger partial charge is 0.319 e. The Kier molecular flexibility index (Phi) is 4.65. The summed E-state index contributed by atoms with van der Waals surface area (Å²) in [4.78, 5) is 29.2. The van der Waals surface area contributed by atoms with Crippen LogP contribution in [0.1, 0.15) is 17.2 Å². The molecule has 3 aliphatic rings. The lowest BCUT2D eigenvalue weighted by Crippen LogP contribution is -2.44. The first-order chi connectivity index (χ1) is 12.6. The summed E-state index contributed by atoms with van der Waals surface area (Å²) < 4.78 is 5.37. The van der Waals surface area contributed by atoms with Gasteiger partial charge in [0.2, 0.25) is 0 Å². The number of rotatable bonds is 4. The molecule has 1 aromatic rings. The third-order valence-corrected chi connectivity index (χ3v) is 5.22. The van der Waals surface area contributed by atoms with Crippen LogP contribution in [0.4, 0.5) is 4.79 Å². The molecule has 7 nitrogen and oxygen atoms in total. The molecule has 26 heavy (non-hydrogen) atoms. The average molecular weight is 356 g/mol. The van der Waals surface area contributed by atoms with Gasteiger partial charge in [0, 0.05) is 26.2 Å². The van der Waals surface area contributed by atoms with Crippen LogP contribution in [0.15, 0.2) is 35.5 Å². The fourth-order valence-electron chi connectivity index (χ4n) is 3.70. The Morgan fingerprint density at radius 2 is 1.85 bits per heavy atom. The predicted octanol–water partition coefficient (Wildman–Crippen LogP) is 0.777. The number of urea groups is 1. The fraction of sp³-hybridized carbons (Fsp3) is 0.474. The molecule has 1 saturated heterocycles. The maximum Gasteiger partial charge on any atom is 0.319 e. The van der Waals surface area contributed by atoms with E-state index in [4.69, 9.17) is 4.74 Å². The Morgan fingerprint density at radius 1 is 1.12 bits per heavy atom. The van der Waals surface area contributed by atoms with E-state index in [9.17, 15) is 9.59 Å². The van der Waals surface area contributed by atoms with Gasteiger partial charge in [0.25, 0.3) is 5.91 Å². The summed E-state index contributed by atoms with van der Waals surface area (Å²) in [6.45, 7) is 7.27. The Hall–Kier alpha value is -2.38. The number of carbonyl (C=O) groups excluding carboxylic acids is 2. The maximum absolute atomic E-state index is 13.0. The first kappa shape index (κ1) is 17.1. The SMILES string of the molecule is Cc1ccc([C@@H]2NC(=O)NC3=C2C(=O)N(CCN2CCOCC2)C3)cc1. The molecule has 0 radical (unpaired) electrons. The van der Waals surface area contributed by atoms with E-state index in [0.29, 0.717) is 18.7 Å². The minimum absolute atomic E-state index is 0.00587. The van der Waals surface area contributed by atoms with Crippen molar-refractivity contribution in [2.45, 2.75) is 13.0 Å². The largest absolute Gasteiger partial charge is 0.379 e. The molecule has 3 aliphatic heterocycles. The number of nitrogens with zero attached hydrogens (tertiary/aromatic N) is 2. The van der Waals surface area contributed by atoms with E-state index >= 15 is 0 Å². The lowest BCUT2D eigenvalue weighted by atomic mass is 9.95. The van der Waals surface area contributed by atoms with E-state index in [0.717, 1.165) is 49.7 Å². The van der Waals surface area contributed by atoms with E-state index in [1.165, 1.54) is 0 Å². The average Bonchev–Trinajstić information content (AvgIpc) is 2.96. The monoisotopic (exact) mass is 356 g/mol. The number of carbonyl (C=O) groups is 2. The van der Waals surface area contributed by atoms with Gasteiger partial charge in [-0.15, -0.1) is 0 Å². The van der Waals surface area contributed by atoms with Crippen molar-refractivity contribution < 1.29 is 14.3 Å². The van der Waals surface area contributed by atoms with Gasteiger partial charge in [0.15, 0.2) is 0 Å². The Labute approximate surface area is 153 Å². The van der Waals surface area contributed by atoms with Crippen molar-refractivity contribution in [3.8, 4) is 0 Å². The van der Waals surface area contributed by atoms with Crippen LogP contribution in [0.25, 0.3) is 0 Å². The van der Waals surface area contributed by atoms with Crippen LogP contribution in [0.3, 0.4) is 0 Å². The zero-order valence-corrected chi connectivity index (χ0v) is 15.0. The highest BCUT2D eigenvalue weighted by atomic mass is 16.5. The van der Waals surface area contributed by atoms with Crippen molar-refractivity contribution in [2.24, 2.45) is 0 Å². The first-order valence-corrected chi connectivity index (χ1v) is 9.08. The highest BCUT2D eigenvalue weighted by Crippen LogP contribution is 2.32. The molecule has 4 rings (SSSR count). The molecule has 0 bridgehead atoms. The molecule has 7 heteroatoms. The van der Waals surface area contributed by atoms with Gasteiger partial charge in [-0.25, -0.2) is 4.79 Å². The van der Waals surface area contributed by atoms with E-state index in [1.807, 2.05) is 36.1 Å². The van der Waals surface area contributed by atoms with Crippen LogP contribution in [-0.2, 0) is 9.53 Å². The number of ether oxygens (including phenoxy) is 1. The molecule has 1 fully saturated rings. The lowest BCUT2D eigenvalue weighted by Gasteiger charge is -2.28. The Balaban J connectivity index is 1.49. The second-order valence-corrected chi connectivity index (χ2v) is 7.02. The van der Waals surface area contributed by atoms with Crippen LogP contribution >= 0.6 is 0 Å². The van der Waals surface area contributed by atoms with E-state index in [-0.39, 0.29) is 18.0 Å². The number of hydrogen-bond donors (Lipinski definition) is 2. The molecular formula is C19H24N4O3. The molecule has 0 unspecified atom stereocenters. The maximum atomic E-state index is 13.0. The quantitative estimate of drug-likeness (QED) is 0.836. The van der Waals surface area contributed by atoms with Gasteiger partial charge >= 0.3 is 6.03 Å². The first-order valence-electron chi connectivity index (χ1n) is 9.08. The molecule has 3 amide bonds. The van der Waals surface area contributed by atoms with Crippen LogP contribution in [0.2, 0.25) is 0 Å². The van der Waals surface area contributed by atoms with Crippen molar-refractivity contribution in [2.75, 3.05) is 45.9 Å². The fourth-order valence-corrected chi connectivity index (χ4v) is 3.70. The van der Waals surface area contributed by atoms with E-state index < -0.39 is 0 Å². The molecule has 1 aromatic carbocycles. The zero-order chi connectivity index (χ0) is 18.1. The van der Waals surface area contributed by atoms with Crippen molar-refractivity contribution in [1.82, 2.24) is 20.4 Å². The second-order valence-electron chi connectivity index (χ2n) is 7.02. The highest BCUT2D eigenvalue weighted by molar-refractivity contribution is 6.01. The predicted molar refractivity (Wildman–Crippen MR) is 96.5 cm³/mol. The molecule has 3 heterocycles. The van der Waals surface area contributed by atoms with Crippen molar-refractivity contribution >= 4 is 11.9 Å². The summed E-state index contributed by atoms with van der Waals surface area (Å²) in [5.41, 5.74) is 3.47. The van der Waals surface area contributed by atoms with Gasteiger partial charge in [-0.05, 0) is 12.5 Å². The number of nitrogens with one attached hydrogen (secondary N) is 2. The minimum Gasteiger partial charge on any atom is -0.379 e. The molecule has 2 N–H and O–H groups in total.